The average Bonchev–Trinajstić information content (AvgIpc) is 3.22. The Bertz CT molecular complexity index is 449. The van der Waals surface area contributed by atoms with Gasteiger partial charge in [-0.1, -0.05) is 0 Å². The second-order valence-electron chi connectivity index (χ2n) is 5.03. The number of hydrogen-bond donors (Lipinski definition) is 1. The molecule has 0 bridgehead atoms. The Hall–Kier alpha value is -1.36. The second kappa shape index (κ2) is 6.70. The van der Waals surface area contributed by atoms with E-state index in [0.717, 1.165) is 37.8 Å². The van der Waals surface area contributed by atoms with Gasteiger partial charge in [-0.05, 0) is 39.7 Å². The van der Waals surface area contributed by atoms with Crippen LogP contribution in [0.5, 0.6) is 0 Å². The maximum Gasteiger partial charge on any atom is 0.268 e. The molecule has 5 nitrogen and oxygen atoms in total. The van der Waals surface area contributed by atoms with E-state index in [4.69, 9.17) is 0 Å². The van der Waals surface area contributed by atoms with Crippen molar-refractivity contribution < 1.29 is 0 Å². The summed E-state index contributed by atoms with van der Waals surface area (Å²) >= 11 is 0. The van der Waals surface area contributed by atoms with Crippen molar-refractivity contribution in [1.82, 2.24) is 15.1 Å². The number of hydrogen-bond acceptors (Lipinski definition) is 4. The Morgan fingerprint density at radius 2 is 2.16 bits per heavy atom. The molecular weight excluding hydrogens is 240 g/mol. The van der Waals surface area contributed by atoms with Crippen molar-refractivity contribution in [2.24, 2.45) is 0 Å². The Balaban J connectivity index is 1.88. The molecule has 1 fully saturated rings. The molecule has 0 aromatic carbocycles. The third kappa shape index (κ3) is 4.06. The highest BCUT2D eigenvalue weighted by Crippen LogP contribution is 2.18. The lowest BCUT2D eigenvalue weighted by Crippen LogP contribution is -2.28. The summed E-state index contributed by atoms with van der Waals surface area (Å²) < 4.78 is 1.56. The zero-order chi connectivity index (χ0) is 13.7. The van der Waals surface area contributed by atoms with Crippen molar-refractivity contribution in [2.45, 2.75) is 45.7 Å². The minimum atomic E-state index is -0.00387. The highest BCUT2D eigenvalue weighted by Gasteiger charge is 2.19. The first kappa shape index (κ1) is 14.1. The molecule has 0 radical (unpaired) electrons. The molecule has 0 aliphatic heterocycles. The van der Waals surface area contributed by atoms with Crippen LogP contribution in [0.2, 0.25) is 0 Å². The molecule has 1 saturated carbocycles. The van der Waals surface area contributed by atoms with Crippen LogP contribution in [0.4, 0.5) is 5.69 Å². The highest BCUT2D eigenvalue weighted by atomic mass is 16.1. The maximum atomic E-state index is 12.0. The molecule has 1 aromatic heterocycles. The summed E-state index contributed by atoms with van der Waals surface area (Å²) in [6.45, 7) is 7.62. The summed E-state index contributed by atoms with van der Waals surface area (Å²) in [7, 11) is 0. The van der Waals surface area contributed by atoms with E-state index in [0.29, 0.717) is 6.54 Å². The third-order valence-electron chi connectivity index (χ3n) is 3.54. The molecule has 2 rings (SSSR count). The molecule has 106 valence electrons. The number of nitrogens with one attached hydrogen (secondary N) is 1. The van der Waals surface area contributed by atoms with Crippen molar-refractivity contribution in [1.29, 1.82) is 0 Å². The van der Waals surface area contributed by atoms with E-state index in [1.165, 1.54) is 12.8 Å². The van der Waals surface area contributed by atoms with Crippen LogP contribution in [0, 0.1) is 0 Å². The number of nitrogens with zero attached hydrogens (tertiary/aromatic N) is 3. The van der Waals surface area contributed by atoms with Gasteiger partial charge in [-0.15, -0.1) is 0 Å². The number of anilines is 1. The van der Waals surface area contributed by atoms with E-state index in [9.17, 15) is 4.79 Å². The lowest BCUT2D eigenvalue weighted by atomic mass is 10.3. The largest absolute Gasteiger partial charge is 0.371 e. The molecule has 0 amide bonds. The van der Waals surface area contributed by atoms with Gasteiger partial charge >= 0.3 is 0 Å². The summed E-state index contributed by atoms with van der Waals surface area (Å²) in [4.78, 5) is 14.1. The van der Waals surface area contributed by atoms with Crippen LogP contribution in [0.3, 0.4) is 0 Å². The summed E-state index contributed by atoms with van der Waals surface area (Å²) in [5.74, 6) is 0. The van der Waals surface area contributed by atoms with Gasteiger partial charge in [0.1, 0.15) is 0 Å². The zero-order valence-electron chi connectivity index (χ0n) is 11.9. The Morgan fingerprint density at radius 1 is 1.42 bits per heavy atom. The fourth-order valence-electron chi connectivity index (χ4n) is 2.18. The molecule has 0 spiro atoms. The molecule has 0 atom stereocenters. The molecule has 5 heteroatoms. The van der Waals surface area contributed by atoms with Crippen LogP contribution < -0.4 is 15.8 Å². The monoisotopic (exact) mass is 264 g/mol. The maximum absolute atomic E-state index is 12.0. The van der Waals surface area contributed by atoms with Crippen molar-refractivity contribution >= 4 is 5.69 Å². The lowest BCUT2D eigenvalue weighted by molar-refractivity contribution is 0.521. The number of aromatic nitrogens is 2. The molecule has 1 N–H and O–H groups in total. The molecule has 1 aliphatic rings. The van der Waals surface area contributed by atoms with E-state index in [2.05, 4.69) is 29.2 Å². The number of rotatable bonds is 8. The first-order chi connectivity index (χ1) is 9.24. The van der Waals surface area contributed by atoms with E-state index in [1.807, 2.05) is 0 Å². The smallest absolute Gasteiger partial charge is 0.268 e. The second-order valence-corrected chi connectivity index (χ2v) is 5.03. The summed E-state index contributed by atoms with van der Waals surface area (Å²) in [5.41, 5.74) is 0.915. The van der Waals surface area contributed by atoms with E-state index in [1.54, 1.807) is 16.9 Å². The summed E-state index contributed by atoms with van der Waals surface area (Å²) in [5, 5.41) is 7.70. The zero-order valence-corrected chi connectivity index (χ0v) is 11.9. The lowest BCUT2D eigenvalue weighted by Gasteiger charge is -2.20. The molecular formula is C14H24N4O. The van der Waals surface area contributed by atoms with Crippen molar-refractivity contribution in [3.63, 3.8) is 0 Å². The van der Waals surface area contributed by atoms with Gasteiger partial charge in [0.2, 0.25) is 0 Å². The van der Waals surface area contributed by atoms with Gasteiger partial charge in [0, 0.05) is 31.7 Å². The molecule has 0 saturated heterocycles. The van der Waals surface area contributed by atoms with Gasteiger partial charge in [-0.2, -0.15) is 5.10 Å². The Morgan fingerprint density at radius 3 is 2.74 bits per heavy atom. The van der Waals surface area contributed by atoms with Crippen LogP contribution >= 0.6 is 0 Å². The van der Waals surface area contributed by atoms with Crippen LogP contribution in [-0.2, 0) is 6.54 Å². The van der Waals surface area contributed by atoms with Crippen LogP contribution in [0.25, 0.3) is 0 Å². The van der Waals surface area contributed by atoms with Crippen molar-refractivity contribution in [2.75, 3.05) is 24.5 Å². The predicted molar refractivity (Wildman–Crippen MR) is 77.7 cm³/mol. The first-order valence-electron chi connectivity index (χ1n) is 7.30. The molecule has 1 aromatic rings. The van der Waals surface area contributed by atoms with Gasteiger partial charge < -0.3 is 10.2 Å². The Labute approximate surface area is 114 Å². The van der Waals surface area contributed by atoms with Gasteiger partial charge in [0.25, 0.3) is 5.56 Å². The summed E-state index contributed by atoms with van der Waals surface area (Å²) in [6.07, 6.45) is 5.35. The van der Waals surface area contributed by atoms with Crippen LogP contribution in [-0.4, -0.2) is 35.5 Å². The predicted octanol–water partition coefficient (Wildman–Crippen LogP) is 1.23. The fraction of sp³-hybridized carbons (Fsp3) is 0.714. The van der Waals surface area contributed by atoms with E-state index >= 15 is 0 Å². The van der Waals surface area contributed by atoms with Crippen molar-refractivity contribution in [3.05, 3.63) is 22.6 Å². The fourth-order valence-corrected chi connectivity index (χ4v) is 2.18. The highest BCUT2D eigenvalue weighted by molar-refractivity contribution is 5.42. The van der Waals surface area contributed by atoms with Gasteiger partial charge in [-0.25, -0.2) is 4.68 Å². The first-order valence-corrected chi connectivity index (χ1v) is 7.30. The molecule has 0 unspecified atom stereocenters. The number of aryl methyl sites for hydroxylation is 1. The standard InChI is InChI=1S/C14H24N4O/c1-3-17(4-2)13-10-14(19)18(16-11-13)9-5-8-15-12-6-7-12/h10-12,15H,3-9H2,1-2H3. The van der Waals surface area contributed by atoms with Gasteiger partial charge in [0.05, 0.1) is 11.9 Å². The molecule has 19 heavy (non-hydrogen) atoms. The van der Waals surface area contributed by atoms with E-state index in [-0.39, 0.29) is 5.56 Å². The van der Waals surface area contributed by atoms with Gasteiger partial charge in [0.15, 0.2) is 0 Å². The SMILES string of the molecule is CCN(CC)c1cnn(CCCNC2CC2)c(=O)c1. The minimum Gasteiger partial charge on any atom is -0.371 e. The Kier molecular flexibility index (Phi) is 4.96. The topological polar surface area (TPSA) is 50.2 Å². The molecule has 1 heterocycles. The van der Waals surface area contributed by atoms with E-state index < -0.39 is 0 Å². The summed E-state index contributed by atoms with van der Waals surface area (Å²) in [6, 6.07) is 2.42. The third-order valence-corrected chi connectivity index (χ3v) is 3.54. The van der Waals surface area contributed by atoms with Crippen LogP contribution in [0.1, 0.15) is 33.1 Å². The quantitative estimate of drug-likeness (QED) is 0.718. The molecule has 1 aliphatic carbocycles. The van der Waals surface area contributed by atoms with Crippen molar-refractivity contribution in [3.8, 4) is 0 Å². The normalized spacial score (nSPS) is 14.6. The average molecular weight is 264 g/mol. The van der Waals surface area contributed by atoms with Crippen LogP contribution in [0.15, 0.2) is 17.1 Å². The van der Waals surface area contributed by atoms with Gasteiger partial charge in [-0.3, -0.25) is 4.79 Å². The minimum absolute atomic E-state index is 0.00387.